The SMILES string of the molecule is Cc1cc(OCC(O)CN2CCN(Cc3ccc(Cl)cc3)CC2)ccc1Cl. The van der Waals surface area contributed by atoms with Crippen molar-refractivity contribution >= 4 is 23.2 Å². The number of hydrogen-bond acceptors (Lipinski definition) is 4. The Morgan fingerprint density at radius 2 is 1.67 bits per heavy atom. The molecule has 0 bridgehead atoms. The lowest BCUT2D eigenvalue weighted by Gasteiger charge is -2.35. The van der Waals surface area contributed by atoms with E-state index in [0.29, 0.717) is 6.54 Å². The zero-order valence-electron chi connectivity index (χ0n) is 15.6. The van der Waals surface area contributed by atoms with Crippen LogP contribution in [0.4, 0.5) is 0 Å². The van der Waals surface area contributed by atoms with E-state index in [9.17, 15) is 5.11 Å². The second kappa shape index (κ2) is 9.76. The van der Waals surface area contributed by atoms with Gasteiger partial charge in [0.2, 0.25) is 0 Å². The van der Waals surface area contributed by atoms with Crippen LogP contribution in [-0.2, 0) is 6.54 Å². The van der Waals surface area contributed by atoms with Crippen molar-refractivity contribution in [3.8, 4) is 5.75 Å². The molecule has 146 valence electrons. The van der Waals surface area contributed by atoms with Crippen molar-refractivity contribution in [2.24, 2.45) is 0 Å². The van der Waals surface area contributed by atoms with Crippen molar-refractivity contribution in [2.75, 3.05) is 39.3 Å². The molecule has 1 aliphatic rings. The standard InChI is InChI=1S/C21H26Cl2N2O2/c1-16-12-20(6-7-21(16)23)27-15-19(26)14-25-10-8-24(9-11-25)13-17-2-4-18(22)5-3-17/h2-7,12,19,26H,8-11,13-15H2,1H3. The number of ether oxygens (including phenoxy) is 1. The predicted molar refractivity (Wildman–Crippen MR) is 111 cm³/mol. The van der Waals surface area contributed by atoms with Gasteiger partial charge in [0.1, 0.15) is 18.5 Å². The first-order valence-corrected chi connectivity index (χ1v) is 10.0. The van der Waals surface area contributed by atoms with E-state index in [4.69, 9.17) is 27.9 Å². The van der Waals surface area contributed by atoms with Gasteiger partial charge in [-0.15, -0.1) is 0 Å². The molecule has 6 heteroatoms. The molecule has 2 aromatic rings. The molecule has 0 spiro atoms. The Morgan fingerprint density at radius 3 is 2.33 bits per heavy atom. The third-order valence-corrected chi connectivity index (χ3v) is 5.50. The highest BCUT2D eigenvalue weighted by Crippen LogP contribution is 2.21. The molecule has 4 nitrogen and oxygen atoms in total. The van der Waals surface area contributed by atoms with Gasteiger partial charge in [0.05, 0.1) is 0 Å². The lowest BCUT2D eigenvalue weighted by Crippen LogP contribution is -2.48. The van der Waals surface area contributed by atoms with Crippen LogP contribution in [0.2, 0.25) is 10.0 Å². The molecule has 3 rings (SSSR count). The van der Waals surface area contributed by atoms with Crippen LogP contribution in [0.3, 0.4) is 0 Å². The Balaban J connectivity index is 1.38. The molecule has 1 heterocycles. The van der Waals surface area contributed by atoms with Crippen molar-refractivity contribution < 1.29 is 9.84 Å². The number of aryl methyl sites for hydroxylation is 1. The van der Waals surface area contributed by atoms with Crippen molar-refractivity contribution in [3.63, 3.8) is 0 Å². The number of nitrogens with zero attached hydrogens (tertiary/aromatic N) is 2. The van der Waals surface area contributed by atoms with Gasteiger partial charge < -0.3 is 9.84 Å². The second-order valence-electron chi connectivity index (χ2n) is 7.08. The average molecular weight is 409 g/mol. The van der Waals surface area contributed by atoms with Crippen LogP contribution in [0.15, 0.2) is 42.5 Å². The van der Waals surface area contributed by atoms with E-state index < -0.39 is 6.10 Å². The number of β-amino-alcohol motifs (C(OH)–C–C–N with tert-alkyl or cyclic N) is 1. The van der Waals surface area contributed by atoms with Crippen LogP contribution < -0.4 is 4.74 Å². The van der Waals surface area contributed by atoms with E-state index in [0.717, 1.165) is 54.1 Å². The zero-order valence-corrected chi connectivity index (χ0v) is 17.1. The number of hydrogen-bond donors (Lipinski definition) is 1. The number of piperazine rings is 1. The molecule has 0 aromatic heterocycles. The summed E-state index contributed by atoms with van der Waals surface area (Å²) in [6, 6.07) is 13.6. The monoisotopic (exact) mass is 408 g/mol. The van der Waals surface area contributed by atoms with Crippen LogP contribution >= 0.6 is 23.2 Å². The summed E-state index contributed by atoms with van der Waals surface area (Å²) in [5, 5.41) is 11.8. The van der Waals surface area contributed by atoms with E-state index in [-0.39, 0.29) is 6.61 Å². The Kier molecular flexibility index (Phi) is 7.39. The fourth-order valence-corrected chi connectivity index (χ4v) is 3.47. The molecule has 0 radical (unpaired) electrons. The summed E-state index contributed by atoms with van der Waals surface area (Å²) in [6.07, 6.45) is -0.510. The maximum Gasteiger partial charge on any atom is 0.119 e. The Labute approximate surface area is 171 Å². The molecule has 1 atom stereocenters. The molecule has 0 amide bonds. The highest BCUT2D eigenvalue weighted by molar-refractivity contribution is 6.31. The van der Waals surface area contributed by atoms with Gasteiger partial charge in [-0.1, -0.05) is 35.3 Å². The molecule has 1 saturated heterocycles. The van der Waals surface area contributed by atoms with Gasteiger partial charge in [-0.2, -0.15) is 0 Å². The number of aliphatic hydroxyl groups excluding tert-OH is 1. The minimum atomic E-state index is -0.510. The van der Waals surface area contributed by atoms with E-state index in [1.165, 1.54) is 5.56 Å². The van der Waals surface area contributed by atoms with Crippen molar-refractivity contribution in [1.29, 1.82) is 0 Å². The maximum absolute atomic E-state index is 10.3. The largest absolute Gasteiger partial charge is 0.491 e. The fourth-order valence-electron chi connectivity index (χ4n) is 3.23. The second-order valence-corrected chi connectivity index (χ2v) is 7.92. The summed E-state index contributed by atoms with van der Waals surface area (Å²) in [4.78, 5) is 4.72. The summed E-state index contributed by atoms with van der Waals surface area (Å²) in [5.41, 5.74) is 2.25. The van der Waals surface area contributed by atoms with Crippen molar-refractivity contribution in [3.05, 3.63) is 63.6 Å². The van der Waals surface area contributed by atoms with Gasteiger partial charge in [-0.25, -0.2) is 0 Å². The summed E-state index contributed by atoms with van der Waals surface area (Å²) >= 11 is 12.0. The third kappa shape index (κ3) is 6.37. The minimum absolute atomic E-state index is 0.284. The summed E-state index contributed by atoms with van der Waals surface area (Å²) in [5.74, 6) is 0.740. The van der Waals surface area contributed by atoms with E-state index in [1.807, 2.05) is 37.3 Å². The first-order chi connectivity index (χ1) is 13.0. The Morgan fingerprint density at radius 1 is 1.00 bits per heavy atom. The molecule has 27 heavy (non-hydrogen) atoms. The summed E-state index contributed by atoms with van der Waals surface area (Å²) < 4.78 is 5.70. The first-order valence-electron chi connectivity index (χ1n) is 9.26. The lowest BCUT2D eigenvalue weighted by atomic mass is 10.2. The third-order valence-electron chi connectivity index (χ3n) is 4.83. The van der Waals surface area contributed by atoms with Crippen LogP contribution in [0, 0.1) is 6.92 Å². The molecular weight excluding hydrogens is 383 g/mol. The predicted octanol–water partition coefficient (Wildman–Crippen LogP) is 3.86. The highest BCUT2D eigenvalue weighted by atomic mass is 35.5. The summed E-state index contributed by atoms with van der Waals surface area (Å²) in [6.45, 7) is 7.67. The smallest absolute Gasteiger partial charge is 0.119 e. The number of aliphatic hydroxyl groups is 1. The average Bonchev–Trinajstić information content (AvgIpc) is 2.66. The van der Waals surface area contributed by atoms with Crippen LogP contribution in [-0.4, -0.2) is 60.3 Å². The van der Waals surface area contributed by atoms with Gasteiger partial charge in [0.25, 0.3) is 0 Å². The van der Waals surface area contributed by atoms with E-state index >= 15 is 0 Å². The first kappa shape index (κ1) is 20.4. The lowest BCUT2D eigenvalue weighted by molar-refractivity contribution is 0.0446. The number of rotatable bonds is 7. The van der Waals surface area contributed by atoms with Gasteiger partial charge >= 0.3 is 0 Å². The summed E-state index contributed by atoms with van der Waals surface area (Å²) in [7, 11) is 0. The maximum atomic E-state index is 10.3. The fraction of sp³-hybridized carbons (Fsp3) is 0.429. The molecule has 0 aliphatic carbocycles. The molecule has 1 aliphatic heterocycles. The topological polar surface area (TPSA) is 35.9 Å². The molecule has 1 fully saturated rings. The Hall–Kier alpha value is -1.30. The van der Waals surface area contributed by atoms with E-state index in [2.05, 4.69) is 21.9 Å². The van der Waals surface area contributed by atoms with Gasteiger partial charge in [-0.05, 0) is 48.4 Å². The molecule has 1 unspecified atom stereocenters. The van der Waals surface area contributed by atoms with Crippen molar-refractivity contribution in [1.82, 2.24) is 9.80 Å². The van der Waals surface area contributed by atoms with Gasteiger partial charge in [0, 0.05) is 49.3 Å². The minimum Gasteiger partial charge on any atom is -0.491 e. The zero-order chi connectivity index (χ0) is 19.2. The molecular formula is C21H26Cl2N2O2. The quantitative estimate of drug-likeness (QED) is 0.754. The van der Waals surface area contributed by atoms with Crippen LogP contribution in [0.25, 0.3) is 0 Å². The number of halogens is 2. The van der Waals surface area contributed by atoms with E-state index in [1.54, 1.807) is 0 Å². The normalized spacial score (nSPS) is 17.0. The number of benzene rings is 2. The molecule has 1 N–H and O–H groups in total. The van der Waals surface area contributed by atoms with Gasteiger partial charge in [-0.3, -0.25) is 9.80 Å². The van der Waals surface area contributed by atoms with Crippen molar-refractivity contribution in [2.45, 2.75) is 19.6 Å². The molecule has 0 saturated carbocycles. The Bertz CT molecular complexity index is 731. The van der Waals surface area contributed by atoms with Crippen LogP contribution in [0.1, 0.15) is 11.1 Å². The van der Waals surface area contributed by atoms with Gasteiger partial charge in [0.15, 0.2) is 0 Å². The van der Waals surface area contributed by atoms with Crippen LogP contribution in [0.5, 0.6) is 5.75 Å². The highest BCUT2D eigenvalue weighted by Gasteiger charge is 2.19. The molecule has 2 aromatic carbocycles.